The van der Waals surface area contributed by atoms with Crippen molar-refractivity contribution in [3.63, 3.8) is 0 Å². The van der Waals surface area contributed by atoms with Crippen LogP contribution in [0.5, 0.6) is 5.75 Å². The maximum absolute atomic E-state index is 12.2. The van der Waals surface area contributed by atoms with Gasteiger partial charge in [-0.05, 0) is 66.8 Å². The third-order valence-electron chi connectivity index (χ3n) is 5.47. The smallest absolute Gasteiger partial charge is 0.185 e. The molecule has 3 heteroatoms. The standard InChI is InChI=1S/C28H25NO2.H2/c1-3-28(30)26-12-6-8-20(2)25(26)17-14-21-9-7-11-24(18-21)31-19-23-16-15-22-10-4-5-13-27(22)29-23;/h3-13,15-16,18H,1,14,17,19H2,2H3;1H. The van der Waals surface area contributed by atoms with Gasteiger partial charge in [0.25, 0.3) is 0 Å². The lowest BCUT2D eigenvalue weighted by Crippen LogP contribution is -2.05. The summed E-state index contributed by atoms with van der Waals surface area (Å²) in [6.45, 7) is 6.10. The number of fused-ring (bicyclic) bond motifs is 1. The van der Waals surface area contributed by atoms with E-state index in [9.17, 15) is 4.79 Å². The number of aromatic nitrogens is 1. The minimum absolute atomic E-state index is 0. The highest BCUT2D eigenvalue weighted by atomic mass is 16.5. The lowest BCUT2D eigenvalue weighted by molar-refractivity contribution is 0.104. The van der Waals surface area contributed by atoms with Crippen LogP contribution in [0.25, 0.3) is 10.9 Å². The molecule has 0 aliphatic rings. The van der Waals surface area contributed by atoms with Gasteiger partial charge in [0.05, 0.1) is 11.2 Å². The van der Waals surface area contributed by atoms with Crippen LogP contribution >= 0.6 is 0 Å². The van der Waals surface area contributed by atoms with Crippen LogP contribution in [0, 0.1) is 6.92 Å². The molecule has 0 radical (unpaired) electrons. The molecule has 3 nitrogen and oxygen atoms in total. The molecule has 0 spiro atoms. The molecule has 0 aliphatic carbocycles. The SMILES string of the molecule is C=CC(=O)c1cccc(C)c1CCc1cccc(OCc2ccc3ccccc3n2)c1.[HH]. The Bertz CT molecular complexity index is 1250. The molecule has 3 aromatic carbocycles. The lowest BCUT2D eigenvalue weighted by atomic mass is 9.93. The van der Waals surface area contributed by atoms with E-state index in [0.717, 1.165) is 51.9 Å². The van der Waals surface area contributed by atoms with E-state index in [1.54, 1.807) is 0 Å². The number of allylic oxidation sites excluding steroid dienone is 1. The van der Waals surface area contributed by atoms with Gasteiger partial charge in [0, 0.05) is 12.4 Å². The molecule has 4 aromatic rings. The highest BCUT2D eigenvalue weighted by Crippen LogP contribution is 2.21. The topological polar surface area (TPSA) is 39.2 Å². The Hall–Kier alpha value is -3.72. The van der Waals surface area contributed by atoms with E-state index in [1.165, 1.54) is 11.6 Å². The monoisotopic (exact) mass is 409 g/mol. The predicted molar refractivity (Wildman–Crippen MR) is 128 cm³/mol. The van der Waals surface area contributed by atoms with Crippen LogP contribution < -0.4 is 4.74 Å². The number of ketones is 1. The van der Waals surface area contributed by atoms with Gasteiger partial charge in [0.1, 0.15) is 12.4 Å². The Labute approximate surface area is 184 Å². The van der Waals surface area contributed by atoms with Crippen LogP contribution in [0.3, 0.4) is 0 Å². The number of ether oxygens (including phenoxy) is 1. The summed E-state index contributed by atoms with van der Waals surface area (Å²) in [5, 5.41) is 1.12. The molecule has 0 saturated carbocycles. The fraction of sp³-hybridized carbons (Fsp3) is 0.143. The van der Waals surface area contributed by atoms with Crippen molar-refractivity contribution in [2.75, 3.05) is 0 Å². The van der Waals surface area contributed by atoms with Gasteiger partial charge in [-0.25, -0.2) is 4.98 Å². The fourth-order valence-corrected chi connectivity index (χ4v) is 3.78. The number of para-hydroxylation sites is 1. The quantitative estimate of drug-likeness (QED) is 0.246. The first-order valence-corrected chi connectivity index (χ1v) is 10.5. The zero-order valence-corrected chi connectivity index (χ0v) is 17.7. The van der Waals surface area contributed by atoms with E-state index in [2.05, 4.69) is 35.8 Å². The minimum Gasteiger partial charge on any atom is -0.487 e. The van der Waals surface area contributed by atoms with Gasteiger partial charge >= 0.3 is 0 Å². The average molecular weight is 410 g/mol. The average Bonchev–Trinajstić information content (AvgIpc) is 2.81. The molecular weight excluding hydrogens is 382 g/mol. The van der Waals surface area contributed by atoms with Crippen LogP contribution in [-0.4, -0.2) is 10.8 Å². The van der Waals surface area contributed by atoms with Crippen molar-refractivity contribution >= 4 is 16.7 Å². The number of benzene rings is 3. The summed E-state index contributed by atoms with van der Waals surface area (Å²) in [4.78, 5) is 16.9. The summed E-state index contributed by atoms with van der Waals surface area (Å²) in [6, 6.07) is 26.1. The van der Waals surface area contributed by atoms with E-state index in [-0.39, 0.29) is 7.21 Å². The molecule has 0 fully saturated rings. The number of aryl methyl sites for hydroxylation is 2. The van der Waals surface area contributed by atoms with Crippen LogP contribution in [-0.2, 0) is 19.4 Å². The Morgan fingerprint density at radius 1 is 1.00 bits per heavy atom. The third-order valence-corrected chi connectivity index (χ3v) is 5.47. The van der Waals surface area contributed by atoms with Crippen molar-refractivity contribution in [2.24, 2.45) is 0 Å². The molecule has 0 unspecified atom stereocenters. The van der Waals surface area contributed by atoms with Gasteiger partial charge in [-0.15, -0.1) is 0 Å². The van der Waals surface area contributed by atoms with Crippen LogP contribution in [0.4, 0.5) is 0 Å². The van der Waals surface area contributed by atoms with E-state index in [0.29, 0.717) is 6.61 Å². The van der Waals surface area contributed by atoms with Crippen molar-refractivity contribution < 1.29 is 11.0 Å². The summed E-state index contributed by atoms with van der Waals surface area (Å²) in [6.07, 6.45) is 3.00. The lowest BCUT2D eigenvalue weighted by Gasteiger charge is -2.12. The first-order valence-electron chi connectivity index (χ1n) is 10.5. The Kier molecular flexibility index (Phi) is 6.23. The van der Waals surface area contributed by atoms with E-state index < -0.39 is 0 Å². The van der Waals surface area contributed by atoms with Gasteiger partial charge < -0.3 is 4.74 Å². The predicted octanol–water partition coefficient (Wildman–Crippen LogP) is 6.52. The second kappa shape index (κ2) is 9.40. The first kappa shape index (κ1) is 20.5. The number of carbonyl (C=O) groups is 1. The van der Waals surface area contributed by atoms with E-state index >= 15 is 0 Å². The third kappa shape index (κ3) is 4.89. The molecule has 0 aliphatic heterocycles. The number of hydrogen-bond donors (Lipinski definition) is 0. The molecular formula is C28H27NO2. The van der Waals surface area contributed by atoms with E-state index in [1.807, 2.05) is 61.5 Å². The summed E-state index contributed by atoms with van der Waals surface area (Å²) >= 11 is 0. The van der Waals surface area contributed by atoms with Gasteiger partial charge in [0.15, 0.2) is 5.78 Å². The van der Waals surface area contributed by atoms with Gasteiger partial charge in [-0.1, -0.05) is 61.2 Å². The molecule has 0 amide bonds. The summed E-state index contributed by atoms with van der Waals surface area (Å²) in [7, 11) is 0. The number of hydrogen-bond acceptors (Lipinski definition) is 3. The molecule has 1 heterocycles. The maximum atomic E-state index is 12.2. The molecule has 31 heavy (non-hydrogen) atoms. The Morgan fingerprint density at radius 3 is 2.71 bits per heavy atom. The molecule has 4 rings (SSSR count). The van der Waals surface area contributed by atoms with Crippen molar-refractivity contribution in [1.82, 2.24) is 4.98 Å². The first-order chi connectivity index (χ1) is 15.1. The molecule has 0 atom stereocenters. The van der Waals surface area contributed by atoms with Crippen molar-refractivity contribution in [3.8, 4) is 5.75 Å². The second-order valence-electron chi connectivity index (χ2n) is 7.60. The van der Waals surface area contributed by atoms with Crippen molar-refractivity contribution in [3.05, 3.63) is 119 Å². The summed E-state index contributed by atoms with van der Waals surface area (Å²) < 4.78 is 6.01. The Balaban J connectivity index is 0.00000289. The number of nitrogens with zero attached hydrogens (tertiary/aromatic N) is 1. The number of pyridine rings is 1. The Morgan fingerprint density at radius 2 is 1.84 bits per heavy atom. The maximum Gasteiger partial charge on any atom is 0.185 e. The molecule has 0 N–H and O–H groups in total. The van der Waals surface area contributed by atoms with Gasteiger partial charge in [0.2, 0.25) is 0 Å². The summed E-state index contributed by atoms with van der Waals surface area (Å²) in [5.41, 5.74) is 5.99. The molecule has 0 saturated heterocycles. The number of carbonyl (C=O) groups excluding carboxylic acids is 1. The van der Waals surface area contributed by atoms with Gasteiger partial charge in [-0.2, -0.15) is 0 Å². The fourth-order valence-electron chi connectivity index (χ4n) is 3.78. The van der Waals surface area contributed by atoms with E-state index in [4.69, 9.17) is 4.74 Å². The van der Waals surface area contributed by atoms with Crippen molar-refractivity contribution in [1.29, 1.82) is 0 Å². The van der Waals surface area contributed by atoms with Gasteiger partial charge in [-0.3, -0.25) is 4.79 Å². The van der Waals surface area contributed by atoms with Crippen molar-refractivity contribution in [2.45, 2.75) is 26.4 Å². The highest BCUT2D eigenvalue weighted by Gasteiger charge is 2.11. The highest BCUT2D eigenvalue weighted by molar-refractivity contribution is 6.05. The molecule has 1 aromatic heterocycles. The second-order valence-corrected chi connectivity index (χ2v) is 7.60. The van der Waals surface area contributed by atoms with Crippen LogP contribution in [0.2, 0.25) is 0 Å². The molecule has 156 valence electrons. The van der Waals surface area contributed by atoms with Crippen LogP contribution in [0.1, 0.15) is 34.2 Å². The number of rotatable bonds is 8. The van der Waals surface area contributed by atoms with Crippen LogP contribution in [0.15, 0.2) is 91.5 Å². The zero-order chi connectivity index (χ0) is 21.6. The normalized spacial score (nSPS) is 10.7. The zero-order valence-electron chi connectivity index (χ0n) is 17.7. The summed E-state index contributed by atoms with van der Waals surface area (Å²) in [5.74, 6) is 0.790. The molecule has 0 bridgehead atoms. The largest absolute Gasteiger partial charge is 0.487 e. The minimum atomic E-state index is -0.0290.